The predicted molar refractivity (Wildman–Crippen MR) is 115 cm³/mol. The van der Waals surface area contributed by atoms with Crippen LogP contribution < -0.4 is 9.47 Å². The van der Waals surface area contributed by atoms with Gasteiger partial charge < -0.3 is 14.2 Å². The predicted octanol–water partition coefficient (Wildman–Crippen LogP) is 2.72. The highest BCUT2D eigenvalue weighted by Gasteiger charge is 2.24. The zero-order valence-electron chi connectivity index (χ0n) is 18.0. The second-order valence-corrected chi connectivity index (χ2v) is 8.79. The summed E-state index contributed by atoms with van der Waals surface area (Å²) >= 11 is 0. The Bertz CT molecular complexity index is 1110. The minimum absolute atomic E-state index is 0.102. The lowest BCUT2D eigenvalue weighted by atomic mass is 10.1. The number of ether oxygens (including phenoxy) is 3. The summed E-state index contributed by atoms with van der Waals surface area (Å²) in [5.74, 6) is -0.909. The molecule has 0 amide bonds. The number of esters is 2. The van der Waals surface area contributed by atoms with Crippen molar-refractivity contribution in [1.29, 1.82) is 0 Å². The van der Waals surface area contributed by atoms with E-state index in [1.54, 1.807) is 24.3 Å². The summed E-state index contributed by atoms with van der Waals surface area (Å²) in [5.41, 5.74) is 2.43. The van der Waals surface area contributed by atoms with E-state index in [1.807, 2.05) is 13.8 Å². The molecule has 0 aromatic heterocycles. The highest BCUT2D eigenvalue weighted by molar-refractivity contribution is 7.89. The number of methoxy groups -OCH3 is 2. The Morgan fingerprint density at radius 2 is 1.71 bits per heavy atom. The van der Waals surface area contributed by atoms with Crippen LogP contribution in [0.1, 0.15) is 16.7 Å². The number of benzene rings is 2. The Hall–Kier alpha value is -3.17. The van der Waals surface area contributed by atoms with Gasteiger partial charge in [-0.2, -0.15) is 4.31 Å². The molecule has 0 bridgehead atoms. The van der Waals surface area contributed by atoms with Gasteiger partial charge in [-0.1, -0.05) is 12.1 Å². The average molecular weight is 448 g/mol. The van der Waals surface area contributed by atoms with Crippen LogP contribution in [0.2, 0.25) is 0 Å². The Morgan fingerprint density at radius 3 is 2.32 bits per heavy atom. The highest BCUT2D eigenvalue weighted by atomic mass is 32.2. The number of rotatable bonds is 8. The first-order valence-corrected chi connectivity index (χ1v) is 10.7. The van der Waals surface area contributed by atoms with Crippen LogP contribution in [-0.2, 0) is 24.3 Å². The number of hydrogen-bond acceptors (Lipinski definition) is 7. The Kier molecular flexibility index (Phi) is 7.95. The van der Waals surface area contributed by atoms with Crippen molar-refractivity contribution in [1.82, 2.24) is 4.31 Å². The van der Waals surface area contributed by atoms with Crippen molar-refractivity contribution >= 4 is 28.0 Å². The number of sulfonamides is 1. The number of carbonyl (C=O) groups excluding carboxylic acids is 2. The summed E-state index contributed by atoms with van der Waals surface area (Å²) in [5, 5.41) is 0. The van der Waals surface area contributed by atoms with Gasteiger partial charge in [0.25, 0.3) is 0 Å². The first-order chi connectivity index (χ1) is 14.6. The minimum Gasteiger partial charge on any atom is -0.493 e. The third-order valence-electron chi connectivity index (χ3n) is 4.56. The molecule has 0 heterocycles. The molecular weight excluding hydrogens is 422 g/mol. The molecule has 0 atom stereocenters. The topological polar surface area (TPSA) is 99.2 Å². The zero-order valence-corrected chi connectivity index (χ0v) is 18.9. The van der Waals surface area contributed by atoms with E-state index in [-0.39, 0.29) is 16.4 Å². The molecule has 31 heavy (non-hydrogen) atoms. The second kappa shape index (κ2) is 10.2. The van der Waals surface area contributed by atoms with Crippen molar-refractivity contribution in [3.05, 3.63) is 59.2 Å². The van der Waals surface area contributed by atoms with Crippen molar-refractivity contribution in [2.75, 3.05) is 27.8 Å². The van der Waals surface area contributed by atoms with E-state index >= 15 is 0 Å². The largest absolute Gasteiger partial charge is 0.493 e. The minimum atomic E-state index is -3.86. The molecule has 0 radical (unpaired) electrons. The molecule has 2 aromatic carbocycles. The summed E-state index contributed by atoms with van der Waals surface area (Å²) in [6.45, 7) is 3.22. The van der Waals surface area contributed by atoms with E-state index in [1.165, 1.54) is 45.6 Å². The van der Waals surface area contributed by atoms with E-state index in [0.717, 1.165) is 15.4 Å². The molecule has 0 saturated carbocycles. The molecular formula is C22H25NO7S. The van der Waals surface area contributed by atoms with Crippen molar-refractivity contribution in [3.8, 4) is 11.5 Å². The molecule has 0 saturated heterocycles. The maximum Gasteiger partial charge on any atom is 0.330 e. The smallest absolute Gasteiger partial charge is 0.330 e. The molecule has 166 valence electrons. The molecule has 0 unspecified atom stereocenters. The lowest BCUT2D eigenvalue weighted by Gasteiger charge is -2.17. The van der Waals surface area contributed by atoms with Crippen molar-refractivity contribution in [3.63, 3.8) is 0 Å². The van der Waals surface area contributed by atoms with Crippen LogP contribution in [0.25, 0.3) is 6.08 Å². The Morgan fingerprint density at radius 1 is 1.00 bits per heavy atom. The molecule has 0 aliphatic carbocycles. The highest BCUT2D eigenvalue weighted by Crippen LogP contribution is 2.29. The normalized spacial score (nSPS) is 11.5. The molecule has 0 aliphatic rings. The van der Waals surface area contributed by atoms with Crippen LogP contribution in [0.3, 0.4) is 0 Å². The molecule has 2 aromatic rings. The summed E-state index contributed by atoms with van der Waals surface area (Å²) < 4.78 is 41.5. The first kappa shape index (κ1) is 24.1. The molecule has 0 N–H and O–H groups in total. The van der Waals surface area contributed by atoms with Crippen molar-refractivity contribution < 1.29 is 32.2 Å². The van der Waals surface area contributed by atoms with Gasteiger partial charge in [-0.3, -0.25) is 4.79 Å². The molecule has 2 rings (SSSR count). The number of hydrogen-bond donors (Lipinski definition) is 0. The van der Waals surface area contributed by atoms with Crippen LogP contribution in [-0.4, -0.2) is 52.5 Å². The fourth-order valence-electron chi connectivity index (χ4n) is 2.58. The number of nitrogens with zero attached hydrogens (tertiary/aromatic N) is 1. The average Bonchev–Trinajstić information content (AvgIpc) is 2.74. The van der Waals surface area contributed by atoms with Gasteiger partial charge in [0.1, 0.15) is 6.54 Å². The molecule has 0 fully saturated rings. The van der Waals surface area contributed by atoms with Gasteiger partial charge in [-0.15, -0.1) is 0 Å². The van der Waals surface area contributed by atoms with E-state index in [9.17, 15) is 18.0 Å². The van der Waals surface area contributed by atoms with Crippen LogP contribution in [0.4, 0.5) is 0 Å². The van der Waals surface area contributed by atoms with Gasteiger partial charge >= 0.3 is 11.9 Å². The fraction of sp³-hybridized carbons (Fsp3) is 0.273. The fourth-order valence-corrected chi connectivity index (χ4v) is 3.78. The quantitative estimate of drug-likeness (QED) is 0.348. The van der Waals surface area contributed by atoms with Gasteiger partial charge in [-0.25, -0.2) is 13.2 Å². The SMILES string of the molecule is COC(=O)C=Cc1ccc(OC(=O)CN(C)S(=O)(=O)c2ccc(C)c(C)c2)c(OC)c1. The zero-order chi connectivity index (χ0) is 23.2. The summed E-state index contributed by atoms with van der Waals surface area (Å²) in [6, 6.07) is 9.46. The number of likely N-dealkylation sites (N-methyl/N-ethyl adjacent to an activating group) is 1. The third-order valence-corrected chi connectivity index (χ3v) is 6.36. The van der Waals surface area contributed by atoms with Crippen LogP contribution in [0.15, 0.2) is 47.4 Å². The first-order valence-electron chi connectivity index (χ1n) is 9.27. The van der Waals surface area contributed by atoms with Gasteiger partial charge in [0.15, 0.2) is 11.5 Å². The third kappa shape index (κ3) is 6.16. The van der Waals surface area contributed by atoms with Gasteiger partial charge in [0, 0.05) is 13.1 Å². The Balaban J connectivity index is 2.13. The van der Waals surface area contributed by atoms with E-state index in [4.69, 9.17) is 9.47 Å². The Labute approximate surface area is 182 Å². The van der Waals surface area contributed by atoms with Crippen LogP contribution in [0.5, 0.6) is 11.5 Å². The number of carbonyl (C=O) groups is 2. The van der Waals surface area contributed by atoms with Crippen molar-refractivity contribution in [2.24, 2.45) is 0 Å². The van der Waals surface area contributed by atoms with E-state index in [2.05, 4.69) is 4.74 Å². The summed E-state index contributed by atoms with van der Waals surface area (Å²) in [7, 11) is 0.122. The lowest BCUT2D eigenvalue weighted by molar-refractivity contribution is -0.135. The molecule has 0 spiro atoms. The van der Waals surface area contributed by atoms with Crippen LogP contribution in [0, 0.1) is 13.8 Å². The van der Waals surface area contributed by atoms with Gasteiger partial charge in [-0.05, 0) is 60.9 Å². The standard InChI is InChI=1S/C22H25NO7S/c1-15-6-9-18(12-16(15)2)31(26,27)23(3)14-22(25)30-19-10-7-17(13-20(19)28-4)8-11-21(24)29-5/h6-13H,14H2,1-5H3. The van der Waals surface area contributed by atoms with Crippen LogP contribution >= 0.6 is 0 Å². The van der Waals surface area contributed by atoms with Gasteiger partial charge in [0.2, 0.25) is 10.0 Å². The maximum absolute atomic E-state index is 12.8. The second-order valence-electron chi connectivity index (χ2n) is 6.75. The maximum atomic E-state index is 12.8. The van der Waals surface area contributed by atoms with E-state index < -0.39 is 28.5 Å². The van der Waals surface area contributed by atoms with Crippen molar-refractivity contribution in [2.45, 2.75) is 18.7 Å². The molecule has 0 aliphatic heterocycles. The number of aryl methyl sites for hydroxylation is 2. The van der Waals surface area contributed by atoms with E-state index in [0.29, 0.717) is 5.56 Å². The summed E-state index contributed by atoms with van der Waals surface area (Å²) in [4.78, 5) is 23.7. The molecule has 9 heteroatoms. The van der Waals surface area contributed by atoms with Gasteiger partial charge in [0.05, 0.1) is 19.1 Å². The lowest BCUT2D eigenvalue weighted by Crippen LogP contribution is -2.34. The monoisotopic (exact) mass is 447 g/mol. The summed E-state index contributed by atoms with van der Waals surface area (Å²) in [6.07, 6.45) is 2.76. The molecule has 8 nitrogen and oxygen atoms in total.